The molecule has 1 saturated heterocycles. The van der Waals surface area contributed by atoms with Crippen LogP contribution >= 0.6 is 0 Å². The molecule has 0 atom stereocenters. The van der Waals surface area contributed by atoms with Gasteiger partial charge in [0.05, 0.1) is 13.2 Å². The highest BCUT2D eigenvalue weighted by atomic mass is 19.1. The number of aromatic hydroxyl groups is 1. The second-order valence-electron chi connectivity index (χ2n) is 7.76. The lowest BCUT2D eigenvalue weighted by atomic mass is 9.98. The summed E-state index contributed by atoms with van der Waals surface area (Å²) in [6, 6.07) is 13.7. The van der Waals surface area contributed by atoms with Crippen LogP contribution < -0.4 is 0 Å². The summed E-state index contributed by atoms with van der Waals surface area (Å²) in [5.74, 6) is -3.54. The molecule has 1 aliphatic rings. The molecule has 3 nitrogen and oxygen atoms in total. The summed E-state index contributed by atoms with van der Waals surface area (Å²) in [6.45, 7) is 3.48. The van der Waals surface area contributed by atoms with Crippen molar-refractivity contribution in [3.8, 4) is 28.0 Å². The van der Waals surface area contributed by atoms with Crippen LogP contribution in [0, 0.1) is 23.4 Å². The van der Waals surface area contributed by atoms with Crippen LogP contribution in [0.1, 0.15) is 31.6 Å². The Hall–Kier alpha value is -2.83. The van der Waals surface area contributed by atoms with Gasteiger partial charge in [-0.15, -0.1) is 0 Å². The van der Waals surface area contributed by atoms with Gasteiger partial charge in [0.1, 0.15) is 5.82 Å². The molecule has 1 fully saturated rings. The van der Waals surface area contributed by atoms with E-state index in [-0.39, 0.29) is 11.1 Å². The molecule has 0 radical (unpaired) electrons. The first-order valence-electron chi connectivity index (χ1n) is 10.3. The topological polar surface area (TPSA) is 38.7 Å². The van der Waals surface area contributed by atoms with Gasteiger partial charge in [-0.1, -0.05) is 49.7 Å². The molecular formula is C25H23F3O3. The fourth-order valence-electron chi connectivity index (χ4n) is 3.79. The van der Waals surface area contributed by atoms with Crippen LogP contribution in [-0.2, 0) is 9.47 Å². The molecule has 0 bridgehead atoms. The summed E-state index contributed by atoms with van der Waals surface area (Å²) in [7, 11) is 0. The van der Waals surface area contributed by atoms with Crippen molar-refractivity contribution in [2.45, 2.75) is 26.1 Å². The lowest BCUT2D eigenvalue weighted by Crippen LogP contribution is -2.26. The fraction of sp³-hybridized carbons (Fsp3) is 0.280. The average molecular weight is 428 g/mol. The zero-order valence-corrected chi connectivity index (χ0v) is 17.1. The van der Waals surface area contributed by atoms with Crippen LogP contribution in [0.25, 0.3) is 22.3 Å². The molecule has 0 aromatic heterocycles. The van der Waals surface area contributed by atoms with Crippen molar-refractivity contribution in [2.24, 2.45) is 5.92 Å². The zero-order valence-electron chi connectivity index (χ0n) is 17.1. The summed E-state index contributed by atoms with van der Waals surface area (Å²) < 4.78 is 53.6. The smallest absolute Gasteiger partial charge is 0.187 e. The van der Waals surface area contributed by atoms with Gasteiger partial charge in [0, 0.05) is 17.0 Å². The molecule has 0 saturated carbocycles. The van der Waals surface area contributed by atoms with E-state index in [1.54, 1.807) is 6.07 Å². The molecule has 4 rings (SSSR count). The molecule has 0 spiro atoms. The normalized spacial score (nSPS) is 18.8. The Morgan fingerprint density at radius 3 is 1.97 bits per heavy atom. The van der Waals surface area contributed by atoms with Gasteiger partial charge in [0.15, 0.2) is 23.7 Å². The van der Waals surface area contributed by atoms with Crippen LogP contribution in [0.15, 0.2) is 54.6 Å². The summed E-state index contributed by atoms with van der Waals surface area (Å²) >= 11 is 0. The number of ether oxygens (including phenoxy) is 2. The molecule has 3 aromatic rings. The molecular weight excluding hydrogens is 405 g/mol. The van der Waals surface area contributed by atoms with E-state index in [2.05, 4.69) is 6.92 Å². The number of benzene rings is 3. The van der Waals surface area contributed by atoms with E-state index < -0.39 is 29.5 Å². The van der Waals surface area contributed by atoms with Crippen molar-refractivity contribution >= 4 is 0 Å². The molecule has 1 heterocycles. The van der Waals surface area contributed by atoms with Gasteiger partial charge in [0.2, 0.25) is 0 Å². The maximum absolute atomic E-state index is 14.7. The fourth-order valence-corrected chi connectivity index (χ4v) is 3.79. The maximum Gasteiger partial charge on any atom is 0.187 e. The lowest BCUT2D eigenvalue weighted by Gasteiger charge is -2.29. The molecule has 31 heavy (non-hydrogen) atoms. The SMILES string of the molecule is CCCC1COC(c2ccc(-c3ccc(-c4cc(F)c(O)c(F)c4)c(F)c3)cc2)OC1. The van der Waals surface area contributed by atoms with Crippen molar-refractivity contribution in [1.82, 2.24) is 0 Å². The van der Waals surface area contributed by atoms with Crippen LogP contribution in [0.2, 0.25) is 0 Å². The number of phenolic OH excluding ortho intramolecular Hbond substituents is 1. The summed E-state index contributed by atoms with van der Waals surface area (Å²) in [4.78, 5) is 0. The second kappa shape index (κ2) is 9.12. The van der Waals surface area contributed by atoms with Gasteiger partial charge in [0.25, 0.3) is 0 Å². The standard InChI is InChI=1S/C25H23F3O3/c1-2-3-15-13-30-25(31-14-15)17-6-4-16(5-7-17)18-8-9-20(21(26)10-18)19-11-22(27)24(29)23(28)12-19/h4-12,15,25,29H,2-3,13-14H2,1H3. The average Bonchev–Trinajstić information content (AvgIpc) is 2.78. The molecule has 3 aromatic carbocycles. The first kappa shape index (κ1) is 21.4. The first-order chi connectivity index (χ1) is 15.0. The van der Waals surface area contributed by atoms with E-state index in [1.165, 1.54) is 12.1 Å². The maximum atomic E-state index is 14.7. The number of hydrogen-bond donors (Lipinski definition) is 1. The summed E-state index contributed by atoms with van der Waals surface area (Å²) in [6.07, 6.45) is 1.78. The van der Waals surface area contributed by atoms with Crippen molar-refractivity contribution in [2.75, 3.05) is 13.2 Å². The Morgan fingerprint density at radius 1 is 0.806 bits per heavy atom. The van der Waals surface area contributed by atoms with E-state index in [0.29, 0.717) is 24.7 Å². The Kier molecular flexibility index (Phi) is 6.30. The predicted octanol–water partition coefficient (Wildman–Crippen LogP) is 6.61. The van der Waals surface area contributed by atoms with E-state index >= 15 is 0 Å². The largest absolute Gasteiger partial charge is 0.503 e. The lowest BCUT2D eigenvalue weighted by molar-refractivity contribution is -0.206. The van der Waals surface area contributed by atoms with E-state index in [0.717, 1.165) is 36.1 Å². The molecule has 1 aliphatic heterocycles. The third-order valence-corrected chi connectivity index (χ3v) is 5.48. The second-order valence-corrected chi connectivity index (χ2v) is 7.76. The zero-order chi connectivity index (χ0) is 22.0. The monoisotopic (exact) mass is 428 g/mol. The van der Waals surface area contributed by atoms with E-state index in [1.807, 2.05) is 24.3 Å². The highest BCUT2D eigenvalue weighted by Crippen LogP contribution is 2.33. The number of halogens is 3. The molecule has 162 valence electrons. The third kappa shape index (κ3) is 4.60. The van der Waals surface area contributed by atoms with Gasteiger partial charge in [-0.3, -0.25) is 0 Å². The Morgan fingerprint density at radius 2 is 1.39 bits per heavy atom. The Balaban J connectivity index is 1.51. The molecule has 0 aliphatic carbocycles. The minimum Gasteiger partial charge on any atom is -0.503 e. The Bertz CT molecular complexity index is 1040. The molecule has 1 N–H and O–H groups in total. The number of hydrogen-bond acceptors (Lipinski definition) is 3. The van der Waals surface area contributed by atoms with Crippen LogP contribution in [0.4, 0.5) is 13.2 Å². The van der Waals surface area contributed by atoms with Gasteiger partial charge in [-0.25, -0.2) is 13.2 Å². The minimum absolute atomic E-state index is 0.0140. The van der Waals surface area contributed by atoms with Gasteiger partial charge in [-0.05, 0) is 41.3 Å². The van der Waals surface area contributed by atoms with Crippen LogP contribution in [0.3, 0.4) is 0 Å². The van der Waals surface area contributed by atoms with Crippen molar-refractivity contribution in [3.63, 3.8) is 0 Å². The highest BCUT2D eigenvalue weighted by Gasteiger charge is 2.23. The first-order valence-corrected chi connectivity index (χ1v) is 10.3. The third-order valence-electron chi connectivity index (χ3n) is 5.48. The predicted molar refractivity (Wildman–Crippen MR) is 112 cm³/mol. The Labute approximate surface area is 179 Å². The molecule has 6 heteroatoms. The van der Waals surface area contributed by atoms with Gasteiger partial charge < -0.3 is 14.6 Å². The van der Waals surface area contributed by atoms with E-state index in [9.17, 15) is 18.3 Å². The van der Waals surface area contributed by atoms with Gasteiger partial charge >= 0.3 is 0 Å². The quantitative estimate of drug-likeness (QED) is 0.497. The number of phenols is 1. The van der Waals surface area contributed by atoms with Crippen molar-refractivity contribution in [1.29, 1.82) is 0 Å². The highest BCUT2D eigenvalue weighted by molar-refractivity contribution is 5.71. The molecule has 0 amide bonds. The summed E-state index contributed by atoms with van der Waals surface area (Å²) in [5, 5.41) is 9.23. The molecule has 0 unspecified atom stereocenters. The number of rotatable bonds is 5. The minimum atomic E-state index is -1.14. The van der Waals surface area contributed by atoms with Crippen molar-refractivity contribution < 1.29 is 27.8 Å². The van der Waals surface area contributed by atoms with E-state index in [4.69, 9.17) is 9.47 Å². The van der Waals surface area contributed by atoms with Crippen molar-refractivity contribution in [3.05, 3.63) is 77.6 Å². The van der Waals surface area contributed by atoms with Crippen LogP contribution in [-0.4, -0.2) is 18.3 Å². The van der Waals surface area contributed by atoms with Gasteiger partial charge in [-0.2, -0.15) is 0 Å². The summed E-state index contributed by atoms with van der Waals surface area (Å²) in [5.41, 5.74) is 2.37. The van der Waals surface area contributed by atoms with Crippen LogP contribution in [0.5, 0.6) is 5.75 Å².